The summed E-state index contributed by atoms with van der Waals surface area (Å²) in [5.41, 5.74) is 2.26. The van der Waals surface area contributed by atoms with Crippen molar-refractivity contribution in [2.24, 2.45) is 0 Å². The molecule has 0 bridgehead atoms. The van der Waals surface area contributed by atoms with Crippen LogP contribution in [0.3, 0.4) is 0 Å². The van der Waals surface area contributed by atoms with Gasteiger partial charge >= 0.3 is 0 Å². The van der Waals surface area contributed by atoms with E-state index in [1.165, 1.54) is 30.7 Å². The highest BCUT2D eigenvalue weighted by molar-refractivity contribution is 6.37. The Morgan fingerprint density at radius 2 is 2.06 bits per heavy atom. The molecule has 3 rings (SSSR count). The number of amides is 1. The third kappa shape index (κ3) is 5.76. The van der Waals surface area contributed by atoms with E-state index in [0.29, 0.717) is 28.1 Å². The molecule has 0 saturated heterocycles. The molecule has 1 aromatic carbocycles. The number of nitrogens with zero attached hydrogens (tertiary/aromatic N) is 3. The number of hydrogen-bond acceptors (Lipinski definition) is 6. The zero-order valence-corrected chi connectivity index (χ0v) is 19.2. The molecule has 2 radical (unpaired) electrons. The Morgan fingerprint density at radius 3 is 2.78 bits per heavy atom. The van der Waals surface area contributed by atoms with E-state index >= 15 is 0 Å². The molecule has 2 heterocycles. The molecule has 0 spiro atoms. The van der Waals surface area contributed by atoms with Gasteiger partial charge in [-0.25, -0.2) is 14.4 Å². The summed E-state index contributed by atoms with van der Waals surface area (Å²) in [4.78, 5) is 25.1. The van der Waals surface area contributed by atoms with Gasteiger partial charge in [-0.05, 0) is 43.7 Å². The maximum absolute atomic E-state index is 14.4. The number of rotatable bonds is 8. The lowest BCUT2D eigenvalue weighted by atomic mass is 10.0. The van der Waals surface area contributed by atoms with Crippen LogP contribution in [0.25, 0.3) is 16.8 Å². The van der Waals surface area contributed by atoms with E-state index in [4.69, 9.17) is 11.6 Å². The van der Waals surface area contributed by atoms with E-state index in [-0.39, 0.29) is 32.4 Å². The first-order chi connectivity index (χ1) is 15.3. The average molecular weight is 470 g/mol. The van der Waals surface area contributed by atoms with Crippen LogP contribution in [0, 0.1) is 5.82 Å². The van der Waals surface area contributed by atoms with Crippen LogP contribution in [0.5, 0.6) is 0 Å². The summed E-state index contributed by atoms with van der Waals surface area (Å²) < 4.78 is 14.4. The van der Waals surface area contributed by atoms with Crippen molar-refractivity contribution in [3.63, 3.8) is 0 Å². The Hall–Kier alpha value is -3.14. The number of allylic oxidation sites excluding steroid dienone is 1. The van der Waals surface area contributed by atoms with Gasteiger partial charge < -0.3 is 15.7 Å². The Bertz CT molecular complexity index is 1160. The number of pyridine rings is 1. The fourth-order valence-electron chi connectivity index (χ4n) is 2.84. The molecule has 7 nitrogen and oxygen atoms in total. The van der Waals surface area contributed by atoms with Crippen molar-refractivity contribution in [3.05, 3.63) is 71.5 Å². The molecule has 2 aromatic heterocycles. The normalized spacial score (nSPS) is 11.7. The van der Waals surface area contributed by atoms with Gasteiger partial charge in [-0.15, -0.1) is 0 Å². The van der Waals surface area contributed by atoms with E-state index < -0.39 is 11.5 Å². The van der Waals surface area contributed by atoms with Crippen molar-refractivity contribution in [2.75, 3.05) is 11.5 Å². The Balaban J connectivity index is 1.97. The molecule has 1 atom stereocenters. The lowest BCUT2D eigenvalue weighted by Gasteiger charge is -2.15. The molecule has 1 amide bonds. The van der Waals surface area contributed by atoms with Crippen molar-refractivity contribution in [1.82, 2.24) is 20.3 Å². The van der Waals surface area contributed by atoms with Crippen molar-refractivity contribution in [1.29, 1.82) is 0 Å². The van der Waals surface area contributed by atoms with Crippen LogP contribution in [-0.2, 0) is 0 Å². The zero-order valence-electron chi connectivity index (χ0n) is 17.5. The number of anilines is 2. The minimum Gasteiger partial charge on any atom is -0.397 e. The van der Waals surface area contributed by atoms with Crippen LogP contribution >= 0.6 is 11.6 Å². The number of aromatic nitrogens is 3. The molecular weight excluding hydrogens is 449 g/mol. The highest BCUT2D eigenvalue weighted by Gasteiger charge is 2.17. The fraction of sp³-hybridized carbons (Fsp3) is 0.182. The van der Waals surface area contributed by atoms with Gasteiger partial charge in [0.15, 0.2) is 0 Å². The summed E-state index contributed by atoms with van der Waals surface area (Å²) in [7, 11) is 0.167. The van der Waals surface area contributed by atoms with Gasteiger partial charge in [-0.1, -0.05) is 18.2 Å². The number of benzene rings is 1. The highest BCUT2D eigenvalue weighted by Crippen LogP contribution is 2.32. The number of hydrogen-bond donors (Lipinski definition) is 3. The lowest BCUT2D eigenvalue weighted by Crippen LogP contribution is -2.32. The minimum absolute atomic E-state index is 0.167. The molecule has 0 unspecified atom stereocenters. The number of aliphatic hydroxyl groups excluding tert-OH is 1. The van der Waals surface area contributed by atoms with Crippen LogP contribution in [0.2, 0.25) is 5.02 Å². The average Bonchev–Trinajstić information content (AvgIpc) is 2.75. The van der Waals surface area contributed by atoms with Crippen molar-refractivity contribution >= 4 is 44.1 Å². The minimum atomic E-state index is -0.500. The Labute approximate surface area is 192 Å². The molecule has 3 N–H and O–H groups in total. The molecule has 0 aliphatic heterocycles. The Kier molecular flexibility index (Phi) is 7.68. The maximum Gasteiger partial charge on any atom is 0.256 e. The fourth-order valence-corrected chi connectivity index (χ4v) is 3.57. The number of carbonyl (C=O) groups is 1. The van der Waals surface area contributed by atoms with Crippen LogP contribution < -0.4 is 10.6 Å². The molecule has 0 aliphatic rings. The van der Waals surface area contributed by atoms with E-state index in [0.717, 1.165) is 5.57 Å². The van der Waals surface area contributed by atoms with Gasteiger partial charge in [0.2, 0.25) is 0 Å². The second-order valence-electron chi connectivity index (χ2n) is 6.99. The standard InChI is InChI=1S/C22H21ClFN5O2Si/c1-12(2)16-9-26-19(15-6-14(23)4-5-18(15)24)7-20(16)29-21-17(8-25-10-27-21)22(31)28-11-32-13(3)30/h4-10,13,30H,1,11H2,2-3H3,(H,28,31)(H,25,26,27,29)/t13-/m1/s1. The highest BCUT2D eigenvalue weighted by atomic mass is 35.5. The van der Waals surface area contributed by atoms with Crippen molar-refractivity contribution in [3.8, 4) is 11.3 Å². The number of nitrogens with one attached hydrogen (secondary N) is 2. The number of carbonyl (C=O) groups excluding carboxylic acids is 1. The summed E-state index contributed by atoms with van der Waals surface area (Å²) in [5.74, 6) is -0.575. The maximum atomic E-state index is 14.4. The topological polar surface area (TPSA) is 100 Å². The zero-order chi connectivity index (χ0) is 23.3. The number of aliphatic hydroxyl groups is 1. The van der Waals surface area contributed by atoms with Crippen LogP contribution in [0.15, 0.2) is 49.6 Å². The molecule has 3 aromatic rings. The summed E-state index contributed by atoms with van der Waals surface area (Å²) in [6.07, 6.45) is 4.62. The lowest BCUT2D eigenvalue weighted by molar-refractivity contribution is 0.0960. The van der Waals surface area contributed by atoms with Crippen molar-refractivity contribution in [2.45, 2.75) is 19.6 Å². The van der Waals surface area contributed by atoms with E-state index in [9.17, 15) is 14.3 Å². The molecule has 0 aliphatic carbocycles. The molecule has 0 saturated carbocycles. The van der Waals surface area contributed by atoms with Gasteiger partial charge in [-0.2, -0.15) is 0 Å². The van der Waals surface area contributed by atoms with Gasteiger partial charge in [0, 0.05) is 40.4 Å². The first-order valence-corrected chi connectivity index (χ1v) is 11.3. The molecule has 164 valence electrons. The van der Waals surface area contributed by atoms with Crippen LogP contribution in [-0.4, -0.2) is 47.4 Å². The first kappa shape index (κ1) is 23.5. The monoisotopic (exact) mass is 469 g/mol. The molecule has 0 fully saturated rings. The summed E-state index contributed by atoms with van der Waals surface area (Å²) in [5, 5.41) is 15.7. The van der Waals surface area contributed by atoms with E-state index in [2.05, 4.69) is 32.2 Å². The molecule has 32 heavy (non-hydrogen) atoms. The van der Waals surface area contributed by atoms with Gasteiger partial charge in [0.25, 0.3) is 5.91 Å². The molecular formula is C22H21ClFN5O2Si. The van der Waals surface area contributed by atoms with Gasteiger partial charge in [-0.3, -0.25) is 9.78 Å². The third-order valence-corrected chi connectivity index (χ3v) is 5.63. The van der Waals surface area contributed by atoms with Crippen LogP contribution in [0.4, 0.5) is 15.9 Å². The smallest absolute Gasteiger partial charge is 0.256 e. The van der Waals surface area contributed by atoms with E-state index in [1.807, 2.05) is 6.92 Å². The van der Waals surface area contributed by atoms with E-state index in [1.54, 1.807) is 19.2 Å². The first-order valence-electron chi connectivity index (χ1n) is 9.64. The Morgan fingerprint density at radius 1 is 1.28 bits per heavy atom. The quantitative estimate of drug-likeness (QED) is 0.433. The second-order valence-corrected chi connectivity index (χ2v) is 9.03. The van der Waals surface area contributed by atoms with Gasteiger partial charge in [0.05, 0.1) is 11.4 Å². The SMILES string of the molecule is C=C(C)c1cnc(-c2cc(Cl)ccc2F)cc1Nc1ncncc1C(=O)NC[Si][C@H](C)O. The predicted octanol–water partition coefficient (Wildman–Crippen LogP) is 3.84. The summed E-state index contributed by atoms with van der Waals surface area (Å²) in [6.45, 7) is 7.44. The van der Waals surface area contributed by atoms with Gasteiger partial charge in [0.1, 0.15) is 33.0 Å². The largest absolute Gasteiger partial charge is 0.397 e. The van der Waals surface area contributed by atoms with Crippen molar-refractivity contribution < 1.29 is 14.3 Å². The second kappa shape index (κ2) is 10.4. The molecule has 10 heteroatoms. The predicted molar refractivity (Wildman–Crippen MR) is 124 cm³/mol. The summed E-state index contributed by atoms with van der Waals surface area (Å²) in [6, 6.07) is 5.89. The van der Waals surface area contributed by atoms with Crippen LogP contribution in [0.1, 0.15) is 29.8 Å². The number of halogens is 2. The third-order valence-electron chi connectivity index (χ3n) is 4.42. The summed E-state index contributed by atoms with van der Waals surface area (Å²) >= 11 is 6.03.